The molecule has 2 N–H and O–H groups in total. The number of urea groups is 1. The maximum atomic E-state index is 14.5. The van der Waals surface area contributed by atoms with E-state index in [2.05, 4.69) is 40.4 Å². The molecule has 0 bridgehead atoms. The second-order valence-electron chi connectivity index (χ2n) is 14.7. The number of amides is 4. The van der Waals surface area contributed by atoms with Crippen LogP contribution in [0.2, 0.25) is 0 Å². The van der Waals surface area contributed by atoms with Crippen LogP contribution >= 0.6 is 0 Å². The Balaban J connectivity index is 1.11. The average molecular weight is 722 g/mol. The topological polar surface area (TPSA) is 119 Å². The van der Waals surface area contributed by atoms with E-state index >= 15 is 0 Å². The molecule has 0 aliphatic carbocycles. The molecule has 4 amide bonds. The lowest BCUT2D eigenvalue weighted by atomic mass is 9.98. The Morgan fingerprint density at radius 3 is 2.38 bits per heavy atom. The molecular weight excluding hydrogens is 670 g/mol. The number of rotatable bonds is 11. The number of benzene rings is 2. The van der Waals surface area contributed by atoms with Gasteiger partial charge < -0.3 is 25.1 Å². The van der Waals surface area contributed by atoms with Crippen molar-refractivity contribution in [3.63, 3.8) is 0 Å². The van der Waals surface area contributed by atoms with Gasteiger partial charge in [0, 0.05) is 70.9 Å². The lowest BCUT2D eigenvalue weighted by Crippen LogP contribution is -2.76. The van der Waals surface area contributed by atoms with Crippen LogP contribution in [0.15, 0.2) is 85.5 Å². The highest BCUT2D eigenvalue weighted by atomic mass is 16.3. The van der Waals surface area contributed by atoms with Crippen LogP contribution in [-0.2, 0) is 29.1 Å². The van der Waals surface area contributed by atoms with E-state index in [1.807, 2.05) is 48.5 Å². The summed E-state index contributed by atoms with van der Waals surface area (Å²) in [6.45, 7) is 15.4. The van der Waals surface area contributed by atoms with E-state index in [-0.39, 0.29) is 56.2 Å². The Hall–Kier alpha value is -4.98. The number of aromatic hydroxyl groups is 1. The van der Waals surface area contributed by atoms with Gasteiger partial charge in [0.05, 0.1) is 25.3 Å². The number of hydrogen-bond donors (Lipinski definition) is 2. The minimum Gasteiger partial charge on any atom is -0.508 e. The number of anilines is 1. The van der Waals surface area contributed by atoms with Gasteiger partial charge in [-0.2, -0.15) is 0 Å². The highest BCUT2D eigenvalue weighted by Gasteiger charge is 2.51. The zero-order valence-electron chi connectivity index (χ0n) is 30.8. The van der Waals surface area contributed by atoms with E-state index in [1.54, 1.807) is 50.2 Å². The fourth-order valence-electron chi connectivity index (χ4n) is 7.97. The van der Waals surface area contributed by atoms with Crippen LogP contribution in [0.5, 0.6) is 5.75 Å². The molecule has 1 aromatic heterocycles. The minimum absolute atomic E-state index is 0.0749. The summed E-state index contributed by atoms with van der Waals surface area (Å²) in [5, 5.41) is 16.3. The number of phenols is 1. The first-order valence-electron chi connectivity index (χ1n) is 18.7. The molecule has 2 atom stereocenters. The predicted molar refractivity (Wildman–Crippen MR) is 202 cm³/mol. The van der Waals surface area contributed by atoms with E-state index in [0.717, 1.165) is 61.9 Å². The largest absolute Gasteiger partial charge is 0.508 e. The van der Waals surface area contributed by atoms with Gasteiger partial charge >= 0.3 is 6.03 Å². The molecule has 280 valence electrons. The molecule has 4 aliphatic rings. The molecule has 1 unspecified atom stereocenters. The zero-order chi connectivity index (χ0) is 37.1. The van der Waals surface area contributed by atoms with Gasteiger partial charge in [0.2, 0.25) is 11.8 Å². The molecule has 3 aromatic rings. The molecule has 53 heavy (non-hydrogen) atoms. The van der Waals surface area contributed by atoms with Crippen molar-refractivity contribution >= 4 is 23.7 Å². The number of nitrogens with one attached hydrogen (secondary N) is 1. The zero-order valence-corrected chi connectivity index (χ0v) is 30.8. The number of phenolic OH excluding ortho intramolecular Hbond substituents is 1. The molecule has 0 radical (unpaired) electrons. The predicted octanol–water partition coefficient (Wildman–Crippen LogP) is 2.74. The quantitative estimate of drug-likeness (QED) is 0.289. The number of aromatic nitrogens is 1. The molecule has 0 spiro atoms. The summed E-state index contributed by atoms with van der Waals surface area (Å²) in [5.74, 6) is 0.560. The molecule has 13 nitrogen and oxygen atoms in total. The first-order valence-corrected chi connectivity index (χ1v) is 18.7. The van der Waals surface area contributed by atoms with Crippen molar-refractivity contribution in [1.82, 2.24) is 39.9 Å². The summed E-state index contributed by atoms with van der Waals surface area (Å²) in [6.07, 6.45) is 1.14. The van der Waals surface area contributed by atoms with Crippen LogP contribution in [0, 0.1) is 0 Å². The molecule has 7 rings (SSSR count). The van der Waals surface area contributed by atoms with E-state index in [0.29, 0.717) is 18.6 Å². The van der Waals surface area contributed by atoms with Crippen LogP contribution in [0.3, 0.4) is 0 Å². The number of pyridine rings is 1. The normalized spacial score (nSPS) is 21.9. The number of piperazine rings is 2. The van der Waals surface area contributed by atoms with Crippen molar-refractivity contribution in [2.24, 2.45) is 0 Å². The number of hydrazine groups is 1. The highest BCUT2D eigenvalue weighted by Crippen LogP contribution is 2.30. The van der Waals surface area contributed by atoms with Gasteiger partial charge in [-0.3, -0.25) is 19.4 Å². The first kappa shape index (κ1) is 36.4. The summed E-state index contributed by atoms with van der Waals surface area (Å²) in [7, 11) is 0. The fraction of sp³-hybridized carbons (Fsp3) is 0.450. The second-order valence-corrected chi connectivity index (χ2v) is 14.7. The van der Waals surface area contributed by atoms with E-state index in [9.17, 15) is 19.5 Å². The van der Waals surface area contributed by atoms with Crippen molar-refractivity contribution in [1.29, 1.82) is 0 Å². The summed E-state index contributed by atoms with van der Waals surface area (Å²) in [6, 6.07) is 22.1. The van der Waals surface area contributed by atoms with Gasteiger partial charge in [0.25, 0.3) is 0 Å². The van der Waals surface area contributed by atoms with Gasteiger partial charge in [0.15, 0.2) is 0 Å². The Labute approximate surface area is 312 Å². The number of fused-ring (bicyclic) bond motifs is 1. The Morgan fingerprint density at radius 2 is 1.68 bits per heavy atom. The molecule has 0 saturated carbocycles. The molecule has 4 fully saturated rings. The van der Waals surface area contributed by atoms with Crippen molar-refractivity contribution in [2.75, 3.05) is 63.8 Å². The highest BCUT2D eigenvalue weighted by molar-refractivity contribution is 5.91. The van der Waals surface area contributed by atoms with Gasteiger partial charge in [-0.25, -0.2) is 19.8 Å². The number of nitrogens with zero attached hydrogens (tertiary/aromatic N) is 8. The molecule has 2 aromatic carbocycles. The molecule has 5 heterocycles. The van der Waals surface area contributed by atoms with Crippen molar-refractivity contribution in [3.8, 4) is 5.75 Å². The van der Waals surface area contributed by atoms with Gasteiger partial charge in [-0.1, -0.05) is 54.6 Å². The van der Waals surface area contributed by atoms with Crippen molar-refractivity contribution < 1.29 is 19.5 Å². The van der Waals surface area contributed by atoms with Gasteiger partial charge in [0.1, 0.15) is 23.8 Å². The summed E-state index contributed by atoms with van der Waals surface area (Å²) in [5.41, 5.74) is 2.48. The first-order chi connectivity index (χ1) is 25.7. The van der Waals surface area contributed by atoms with Crippen molar-refractivity contribution in [3.05, 3.63) is 102 Å². The molecule has 4 saturated heterocycles. The fourth-order valence-corrected chi connectivity index (χ4v) is 7.97. The maximum absolute atomic E-state index is 14.5. The van der Waals surface area contributed by atoms with Crippen LogP contribution in [0.1, 0.15) is 30.7 Å². The van der Waals surface area contributed by atoms with Crippen molar-refractivity contribution in [2.45, 2.75) is 57.6 Å². The Morgan fingerprint density at radius 1 is 0.943 bits per heavy atom. The molecule has 4 aliphatic heterocycles. The van der Waals surface area contributed by atoms with E-state index in [4.69, 9.17) is 4.98 Å². The monoisotopic (exact) mass is 721 g/mol. The maximum Gasteiger partial charge on any atom is 0.334 e. The van der Waals surface area contributed by atoms with Gasteiger partial charge in [-0.15, -0.1) is 6.58 Å². The average Bonchev–Trinajstić information content (AvgIpc) is 3.13. The third kappa shape index (κ3) is 8.02. The third-order valence-electron chi connectivity index (χ3n) is 11.0. The SMILES string of the molecule is C=CCN1CC(=O)N2C(CN(Cc3cccc(N4CC(N5CCN(C(C)C)CC5)C4)n3)C(=O)[C@@H]2Cc2ccc(O)cc2)N1C(=O)NCc1ccccc1. The molecule has 13 heteroatoms. The summed E-state index contributed by atoms with van der Waals surface area (Å²) >= 11 is 0. The van der Waals surface area contributed by atoms with Crippen LogP contribution in [-0.4, -0.2) is 141 Å². The second kappa shape index (κ2) is 15.9. The van der Waals surface area contributed by atoms with E-state index in [1.165, 1.54) is 0 Å². The lowest BCUT2D eigenvalue weighted by molar-refractivity contribution is -0.189. The van der Waals surface area contributed by atoms with Crippen LogP contribution in [0.25, 0.3) is 0 Å². The van der Waals surface area contributed by atoms with Crippen LogP contribution < -0.4 is 10.2 Å². The summed E-state index contributed by atoms with van der Waals surface area (Å²) < 4.78 is 0. The minimum atomic E-state index is -0.864. The number of hydrogen-bond acceptors (Lipinski definition) is 9. The lowest BCUT2D eigenvalue weighted by Gasteiger charge is -2.55. The standard InChI is InChI=1S/C40H51N9O4/c1-4-17-47-28-38(51)48-35(22-30-13-15-34(50)16-14-30)39(52)46(27-37(48)49(47)40(53)41-23-31-9-6-5-7-10-31)24-32-11-8-12-36(42-32)45-25-33(26-45)44-20-18-43(19-21-44)29(2)3/h4-16,29,33,35,37,50H,1,17-28H2,2-3H3,(H,41,53)/t35-,37?/m0/s1. The van der Waals surface area contributed by atoms with Crippen LogP contribution in [0.4, 0.5) is 10.6 Å². The number of carbonyl (C=O) groups excluding carboxylic acids is 3. The third-order valence-corrected chi connectivity index (χ3v) is 11.0. The number of carbonyl (C=O) groups is 3. The van der Waals surface area contributed by atoms with E-state index < -0.39 is 12.2 Å². The molecular formula is C40H51N9O4. The Kier molecular flexibility index (Phi) is 10.9. The summed E-state index contributed by atoms with van der Waals surface area (Å²) in [4.78, 5) is 58.2. The Bertz CT molecular complexity index is 1760. The van der Waals surface area contributed by atoms with Gasteiger partial charge in [-0.05, 0) is 49.2 Å². The smallest absolute Gasteiger partial charge is 0.334 e.